The van der Waals surface area contributed by atoms with Gasteiger partial charge in [0.15, 0.2) is 0 Å². The Labute approximate surface area is 187 Å². The van der Waals surface area contributed by atoms with Gasteiger partial charge in [0.25, 0.3) is 5.56 Å². The highest BCUT2D eigenvalue weighted by atomic mass is 79.9. The number of halogens is 2. The molecular formula is C22H21BrFN5O2. The summed E-state index contributed by atoms with van der Waals surface area (Å²) in [7, 11) is 0. The van der Waals surface area contributed by atoms with Gasteiger partial charge in [-0.15, -0.1) is 0 Å². The summed E-state index contributed by atoms with van der Waals surface area (Å²) in [5.41, 5.74) is 1.28. The first-order valence-electron chi connectivity index (χ1n) is 9.87. The van der Waals surface area contributed by atoms with Gasteiger partial charge in [0.05, 0.1) is 0 Å². The van der Waals surface area contributed by atoms with Gasteiger partial charge in [-0.3, -0.25) is 9.59 Å². The Kier molecular flexibility index (Phi) is 6.31. The lowest BCUT2D eigenvalue weighted by Crippen LogP contribution is -2.47. The third kappa shape index (κ3) is 5.29. The summed E-state index contributed by atoms with van der Waals surface area (Å²) in [6.45, 7) is 2.72. The fraction of sp³-hybridized carbons (Fsp3) is 0.227. The Morgan fingerprint density at radius 1 is 1.00 bits per heavy atom. The number of hydrogen-bond acceptors (Lipinski definition) is 5. The lowest BCUT2D eigenvalue weighted by molar-refractivity contribution is -0.117. The number of amides is 1. The highest BCUT2D eigenvalue weighted by molar-refractivity contribution is 9.10. The van der Waals surface area contributed by atoms with E-state index in [1.54, 1.807) is 30.3 Å². The molecule has 9 heteroatoms. The highest BCUT2D eigenvalue weighted by Crippen LogP contribution is 2.19. The van der Waals surface area contributed by atoms with Crippen molar-refractivity contribution in [2.24, 2.45) is 0 Å². The van der Waals surface area contributed by atoms with E-state index < -0.39 is 0 Å². The zero-order chi connectivity index (χ0) is 21.8. The standard InChI is InChI=1S/C22H21BrFN5O2/c23-16-2-1-3-18(14-16)25-21(30)15-29-22(31)9-8-20(26-29)28-12-10-27(11-13-28)19-6-4-17(24)5-7-19/h1-9,14H,10-13,15H2,(H,25,30). The summed E-state index contributed by atoms with van der Waals surface area (Å²) < 4.78 is 15.2. The minimum Gasteiger partial charge on any atom is -0.368 e. The van der Waals surface area contributed by atoms with Crippen LogP contribution in [0.5, 0.6) is 0 Å². The Balaban J connectivity index is 1.40. The second kappa shape index (κ2) is 9.30. The molecule has 2 aromatic carbocycles. The average Bonchev–Trinajstić information content (AvgIpc) is 2.76. The fourth-order valence-electron chi connectivity index (χ4n) is 3.47. The molecule has 3 aromatic rings. The quantitative estimate of drug-likeness (QED) is 0.601. The van der Waals surface area contributed by atoms with Crippen molar-refractivity contribution in [3.8, 4) is 0 Å². The van der Waals surface area contributed by atoms with Crippen molar-refractivity contribution in [2.75, 3.05) is 41.3 Å². The molecule has 0 atom stereocenters. The van der Waals surface area contributed by atoms with Crippen LogP contribution in [0, 0.1) is 5.82 Å². The molecule has 1 aromatic heterocycles. The molecule has 1 aliphatic rings. The van der Waals surface area contributed by atoms with E-state index in [2.05, 4.69) is 36.1 Å². The Morgan fingerprint density at radius 2 is 1.71 bits per heavy atom. The molecule has 1 fully saturated rings. The molecule has 1 amide bonds. The van der Waals surface area contributed by atoms with Gasteiger partial charge in [0, 0.05) is 48.1 Å². The number of nitrogens with one attached hydrogen (secondary N) is 1. The smallest absolute Gasteiger partial charge is 0.267 e. The van der Waals surface area contributed by atoms with Crippen LogP contribution < -0.4 is 20.7 Å². The largest absolute Gasteiger partial charge is 0.368 e. The van der Waals surface area contributed by atoms with E-state index >= 15 is 0 Å². The highest BCUT2D eigenvalue weighted by Gasteiger charge is 2.19. The molecular weight excluding hydrogens is 465 g/mol. The number of aromatic nitrogens is 2. The van der Waals surface area contributed by atoms with Crippen LogP contribution in [0.4, 0.5) is 21.6 Å². The van der Waals surface area contributed by atoms with Crippen LogP contribution in [0.15, 0.2) is 69.9 Å². The number of benzene rings is 2. The van der Waals surface area contributed by atoms with E-state index in [1.165, 1.54) is 22.9 Å². The first kappa shape index (κ1) is 21.0. The number of piperazine rings is 1. The Bertz CT molecular complexity index is 1130. The van der Waals surface area contributed by atoms with E-state index in [4.69, 9.17) is 0 Å². The van der Waals surface area contributed by atoms with Gasteiger partial charge in [0.2, 0.25) is 5.91 Å². The maximum absolute atomic E-state index is 13.1. The van der Waals surface area contributed by atoms with Crippen LogP contribution in [0.2, 0.25) is 0 Å². The lowest BCUT2D eigenvalue weighted by atomic mass is 10.2. The van der Waals surface area contributed by atoms with Crippen molar-refractivity contribution in [1.82, 2.24) is 9.78 Å². The van der Waals surface area contributed by atoms with Gasteiger partial charge in [-0.25, -0.2) is 9.07 Å². The molecule has 0 saturated carbocycles. The molecule has 0 spiro atoms. The van der Waals surface area contributed by atoms with Crippen LogP contribution in [0.25, 0.3) is 0 Å². The van der Waals surface area contributed by atoms with Gasteiger partial charge in [-0.05, 0) is 48.5 Å². The Morgan fingerprint density at radius 3 is 2.42 bits per heavy atom. The molecule has 1 aliphatic heterocycles. The zero-order valence-electron chi connectivity index (χ0n) is 16.7. The summed E-state index contributed by atoms with van der Waals surface area (Å²) in [6.07, 6.45) is 0. The van der Waals surface area contributed by atoms with Crippen LogP contribution in [-0.2, 0) is 11.3 Å². The average molecular weight is 486 g/mol. The molecule has 0 unspecified atom stereocenters. The molecule has 2 heterocycles. The number of nitrogens with zero attached hydrogens (tertiary/aromatic N) is 4. The van der Waals surface area contributed by atoms with E-state index in [-0.39, 0.29) is 23.8 Å². The topological polar surface area (TPSA) is 70.5 Å². The van der Waals surface area contributed by atoms with Gasteiger partial charge in [0.1, 0.15) is 18.2 Å². The molecule has 31 heavy (non-hydrogen) atoms. The van der Waals surface area contributed by atoms with E-state index in [0.29, 0.717) is 24.6 Å². The van der Waals surface area contributed by atoms with Gasteiger partial charge in [-0.1, -0.05) is 22.0 Å². The van der Waals surface area contributed by atoms with Gasteiger partial charge < -0.3 is 15.1 Å². The zero-order valence-corrected chi connectivity index (χ0v) is 18.3. The summed E-state index contributed by atoms with van der Waals surface area (Å²) >= 11 is 3.36. The normalized spacial score (nSPS) is 13.9. The molecule has 4 rings (SSSR count). The third-order valence-electron chi connectivity index (χ3n) is 5.05. The monoisotopic (exact) mass is 485 g/mol. The van der Waals surface area contributed by atoms with Crippen LogP contribution in [0.1, 0.15) is 0 Å². The molecule has 160 valence electrons. The van der Waals surface area contributed by atoms with Crippen molar-refractivity contribution in [3.05, 3.63) is 81.3 Å². The van der Waals surface area contributed by atoms with E-state index in [9.17, 15) is 14.0 Å². The maximum Gasteiger partial charge on any atom is 0.267 e. The van der Waals surface area contributed by atoms with Crippen molar-refractivity contribution in [2.45, 2.75) is 6.54 Å². The second-order valence-corrected chi connectivity index (χ2v) is 8.11. The summed E-state index contributed by atoms with van der Waals surface area (Å²) in [6, 6.07) is 16.8. The third-order valence-corrected chi connectivity index (χ3v) is 5.54. The first-order chi connectivity index (χ1) is 15.0. The SMILES string of the molecule is O=C(Cn1nc(N2CCN(c3ccc(F)cc3)CC2)ccc1=O)Nc1cccc(Br)c1. The molecule has 0 bridgehead atoms. The predicted octanol–water partition coefficient (Wildman–Crippen LogP) is 3.11. The van der Waals surface area contributed by atoms with Gasteiger partial charge in [-0.2, -0.15) is 5.10 Å². The fourth-order valence-corrected chi connectivity index (χ4v) is 3.87. The Hall–Kier alpha value is -3.20. The van der Waals surface area contributed by atoms with Gasteiger partial charge >= 0.3 is 0 Å². The molecule has 0 aliphatic carbocycles. The van der Waals surface area contributed by atoms with E-state index in [0.717, 1.165) is 23.2 Å². The number of carbonyl (C=O) groups is 1. The number of carbonyl (C=O) groups excluding carboxylic acids is 1. The van der Waals surface area contributed by atoms with Crippen LogP contribution in [0.3, 0.4) is 0 Å². The minimum atomic E-state index is -0.335. The van der Waals surface area contributed by atoms with Crippen molar-refractivity contribution < 1.29 is 9.18 Å². The second-order valence-electron chi connectivity index (χ2n) is 7.20. The maximum atomic E-state index is 13.1. The van der Waals surface area contributed by atoms with Crippen LogP contribution in [-0.4, -0.2) is 41.9 Å². The number of hydrogen-bond donors (Lipinski definition) is 1. The van der Waals surface area contributed by atoms with E-state index in [1.807, 2.05) is 12.1 Å². The lowest BCUT2D eigenvalue weighted by Gasteiger charge is -2.36. The molecule has 1 N–H and O–H groups in total. The minimum absolute atomic E-state index is 0.172. The molecule has 0 radical (unpaired) electrons. The first-order valence-corrected chi connectivity index (χ1v) is 10.7. The molecule has 1 saturated heterocycles. The number of anilines is 3. The molecule has 7 nitrogen and oxygen atoms in total. The predicted molar refractivity (Wildman–Crippen MR) is 122 cm³/mol. The number of rotatable bonds is 5. The summed E-state index contributed by atoms with van der Waals surface area (Å²) in [5.74, 6) is 0.0670. The summed E-state index contributed by atoms with van der Waals surface area (Å²) in [5, 5.41) is 7.17. The van der Waals surface area contributed by atoms with Crippen molar-refractivity contribution >= 4 is 39.0 Å². The van der Waals surface area contributed by atoms with Crippen molar-refractivity contribution in [1.29, 1.82) is 0 Å². The summed E-state index contributed by atoms with van der Waals surface area (Å²) in [4.78, 5) is 28.8. The van der Waals surface area contributed by atoms with Crippen molar-refractivity contribution in [3.63, 3.8) is 0 Å². The van der Waals surface area contributed by atoms with Crippen LogP contribution >= 0.6 is 15.9 Å².